The van der Waals surface area contributed by atoms with Gasteiger partial charge < -0.3 is 15.4 Å². The summed E-state index contributed by atoms with van der Waals surface area (Å²) in [4.78, 5) is 15.8. The van der Waals surface area contributed by atoms with Gasteiger partial charge in [0, 0.05) is 25.4 Å². The Labute approximate surface area is 130 Å². The molecule has 0 saturated carbocycles. The number of aromatic nitrogens is 1. The number of benzene rings is 1. The average Bonchev–Trinajstić information content (AvgIpc) is 2.58. The van der Waals surface area contributed by atoms with Crippen molar-refractivity contribution in [3.05, 3.63) is 59.8 Å². The Morgan fingerprint density at radius 1 is 1.09 bits per heavy atom. The summed E-state index contributed by atoms with van der Waals surface area (Å²) in [5, 5.41) is 5.65. The second kappa shape index (κ2) is 8.67. The molecule has 0 unspecified atom stereocenters. The number of ether oxygens (including phenoxy) is 1. The third-order valence-electron chi connectivity index (χ3n) is 3.23. The lowest BCUT2D eigenvalue weighted by atomic mass is 10.1. The Hall–Kier alpha value is -2.56. The number of amides is 2. The molecule has 1 heterocycles. The molecule has 0 aliphatic carbocycles. The van der Waals surface area contributed by atoms with Crippen molar-refractivity contribution in [3.8, 4) is 5.88 Å². The van der Waals surface area contributed by atoms with Crippen LogP contribution in [0.2, 0.25) is 0 Å². The molecular formula is C17H21N3O2. The fourth-order valence-corrected chi connectivity index (χ4v) is 2.02. The molecular weight excluding hydrogens is 278 g/mol. The number of urea groups is 1. The molecule has 0 saturated heterocycles. The standard InChI is InChI=1S/C17H21N3O2/c1-22-16-10-9-15(12-19-16)13-20-17(21)18-11-5-8-14-6-3-2-4-7-14/h2-4,6-7,9-10,12H,5,8,11,13H2,1H3,(H2,18,20,21). The molecule has 1 aromatic heterocycles. The van der Waals surface area contributed by atoms with Gasteiger partial charge in [-0.3, -0.25) is 0 Å². The van der Waals surface area contributed by atoms with Gasteiger partial charge >= 0.3 is 6.03 Å². The molecule has 1 aromatic carbocycles. The minimum absolute atomic E-state index is 0.163. The highest BCUT2D eigenvalue weighted by atomic mass is 16.5. The van der Waals surface area contributed by atoms with Gasteiger partial charge in [0.1, 0.15) is 0 Å². The van der Waals surface area contributed by atoms with Gasteiger partial charge in [-0.25, -0.2) is 9.78 Å². The zero-order valence-corrected chi connectivity index (χ0v) is 12.7. The van der Waals surface area contributed by atoms with E-state index in [0.717, 1.165) is 18.4 Å². The van der Waals surface area contributed by atoms with E-state index < -0.39 is 0 Å². The highest BCUT2D eigenvalue weighted by Gasteiger charge is 2.01. The zero-order chi connectivity index (χ0) is 15.6. The van der Waals surface area contributed by atoms with Crippen molar-refractivity contribution < 1.29 is 9.53 Å². The quantitative estimate of drug-likeness (QED) is 0.772. The lowest BCUT2D eigenvalue weighted by molar-refractivity contribution is 0.240. The van der Waals surface area contributed by atoms with Gasteiger partial charge in [-0.15, -0.1) is 0 Å². The Balaban J connectivity index is 1.61. The number of hydrogen-bond donors (Lipinski definition) is 2. The van der Waals surface area contributed by atoms with Gasteiger partial charge in [0.15, 0.2) is 0 Å². The van der Waals surface area contributed by atoms with E-state index in [-0.39, 0.29) is 6.03 Å². The first-order chi connectivity index (χ1) is 10.8. The average molecular weight is 299 g/mol. The van der Waals surface area contributed by atoms with Gasteiger partial charge in [-0.2, -0.15) is 0 Å². The molecule has 0 atom stereocenters. The molecule has 2 N–H and O–H groups in total. The summed E-state index contributed by atoms with van der Waals surface area (Å²) in [6.45, 7) is 1.10. The summed E-state index contributed by atoms with van der Waals surface area (Å²) in [6.07, 6.45) is 3.57. The molecule has 5 nitrogen and oxygen atoms in total. The number of carbonyl (C=O) groups excluding carboxylic acids is 1. The molecule has 22 heavy (non-hydrogen) atoms. The zero-order valence-electron chi connectivity index (χ0n) is 12.7. The number of rotatable bonds is 7. The van der Waals surface area contributed by atoms with Crippen LogP contribution < -0.4 is 15.4 Å². The summed E-state index contributed by atoms with van der Waals surface area (Å²) < 4.78 is 4.99. The van der Waals surface area contributed by atoms with Gasteiger partial charge in [0.05, 0.1) is 7.11 Å². The maximum atomic E-state index is 11.7. The largest absolute Gasteiger partial charge is 0.481 e. The van der Waals surface area contributed by atoms with E-state index in [1.807, 2.05) is 24.3 Å². The fraction of sp³-hybridized carbons (Fsp3) is 0.294. The van der Waals surface area contributed by atoms with Crippen LogP contribution in [0.1, 0.15) is 17.5 Å². The monoisotopic (exact) mass is 299 g/mol. The van der Waals surface area contributed by atoms with Gasteiger partial charge in [0.2, 0.25) is 5.88 Å². The minimum atomic E-state index is -0.163. The summed E-state index contributed by atoms with van der Waals surface area (Å²) in [6, 6.07) is 13.7. The van der Waals surface area contributed by atoms with Crippen LogP contribution in [-0.4, -0.2) is 24.7 Å². The molecule has 0 aliphatic rings. The Bertz CT molecular complexity index is 570. The molecule has 2 aromatic rings. The maximum absolute atomic E-state index is 11.7. The van der Waals surface area contributed by atoms with E-state index in [0.29, 0.717) is 19.0 Å². The van der Waals surface area contributed by atoms with E-state index in [4.69, 9.17) is 4.74 Å². The Morgan fingerprint density at radius 3 is 2.59 bits per heavy atom. The Morgan fingerprint density at radius 2 is 1.91 bits per heavy atom. The molecule has 0 spiro atoms. The van der Waals surface area contributed by atoms with E-state index in [1.165, 1.54) is 5.56 Å². The van der Waals surface area contributed by atoms with Crippen molar-refractivity contribution in [1.29, 1.82) is 0 Å². The van der Waals surface area contributed by atoms with Crippen LogP contribution in [0.4, 0.5) is 4.79 Å². The van der Waals surface area contributed by atoms with Crippen molar-refractivity contribution in [2.45, 2.75) is 19.4 Å². The van der Waals surface area contributed by atoms with Gasteiger partial charge in [-0.1, -0.05) is 36.4 Å². The molecule has 0 fully saturated rings. The highest BCUT2D eigenvalue weighted by Crippen LogP contribution is 2.06. The van der Waals surface area contributed by atoms with Crippen LogP contribution in [0, 0.1) is 0 Å². The van der Waals surface area contributed by atoms with E-state index in [1.54, 1.807) is 19.4 Å². The van der Waals surface area contributed by atoms with Crippen LogP contribution in [0.25, 0.3) is 0 Å². The topological polar surface area (TPSA) is 63.2 Å². The molecule has 0 radical (unpaired) electrons. The SMILES string of the molecule is COc1ccc(CNC(=O)NCCCc2ccccc2)cn1. The normalized spacial score (nSPS) is 10.0. The first kappa shape index (κ1) is 15.8. The number of aryl methyl sites for hydroxylation is 1. The highest BCUT2D eigenvalue weighted by molar-refractivity contribution is 5.73. The predicted molar refractivity (Wildman–Crippen MR) is 85.8 cm³/mol. The van der Waals surface area contributed by atoms with E-state index >= 15 is 0 Å². The van der Waals surface area contributed by atoms with Crippen molar-refractivity contribution in [2.75, 3.05) is 13.7 Å². The third-order valence-corrected chi connectivity index (χ3v) is 3.23. The molecule has 116 valence electrons. The van der Waals surface area contributed by atoms with Crippen LogP contribution >= 0.6 is 0 Å². The molecule has 0 aliphatic heterocycles. The first-order valence-electron chi connectivity index (χ1n) is 7.32. The minimum Gasteiger partial charge on any atom is -0.481 e. The predicted octanol–water partition coefficient (Wildman–Crippen LogP) is 2.52. The maximum Gasteiger partial charge on any atom is 0.315 e. The number of nitrogens with one attached hydrogen (secondary N) is 2. The summed E-state index contributed by atoms with van der Waals surface area (Å²) in [5.41, 5.74) is 2.22. The number of methoxy groups -OCH3 is 1. The van der Waals surface area contributed by atoms with Crippen molar-refractivity contribution in [1.82, 2.24) is 15.6 Å². The van der Waals surface area contributed by atoms with Crippen molar-refractivity contribution in [2.24, 2.45) is 0 Å². The van der Waals surface area contributed by atoms with Crippen LogP contribution in [-0.2, 0) is 13.0 Å². The Kier molecular flexibility index (Phi) is 6.23. The van der Waals surface area contributed by atoms with Crippen molar-refractivity contribution in [3.63, 3.8) is 0 Å². The lowest BCUT2D eigenvalue weighted by Crippen LogP contribution is -2.35. The van der Waals surface area contributed by atoms with E-state index in [9.17, 15) is 4.79 Å². The van der Waals surface area contributed by atoms with Gasteiger partial charge in [0.25, 0.3) is 0 Å². The van der Waals surface area contributed by atoms with Crippen LogP contribution in [0.3, 0.4) is 0 Å². The number of hydrogen-bond acceptors (Lipinski definition) is 3. The molecule has 2 rings (SSSR count). The van der Waals surface area contributed by atoms with E-state index in [2.05, 4.69) is 27.8 Å². The van der Waals surface area contributed by atoms with Crippen molar-refractivity contribution >= 4 is 6.03 Å². The smallest absolute Gasteiger partial charge is 0.315 e. The number of nitrogens with zero attached hydrogens (tertiary/aromatic N) is 1. The molecule has 2 amide bonds. The lowest BCUT2D eigenvalue weighted by Gasteiger charge is -2.08. The third kappa shape index (κ3) is 5.44. The molecule has 5 heteroatoms. The fourth-order valence-electron chi connectivity index (χ4n) is 2.02. The van der Waals surface area contributed by atoms with Crippen LogP contribution in [0.15, 0.2) is 48.7 Å². The van der Waals surface area contributed by atoms with Crippen LogP contribution in [0.5, 0.6) is 5.88 Å². The molecule has 0 bridgehead atoms. The second-order valence-corrected chi connectivity index (χ2v) is 4.91. The second-order valence-electron chi connectivity index (χ2n) is 4.91. The van der Waals surface area contributed by atoms with Gasteiger partial charge in [-0.05, 0) is 24.0 Å². The number of pyridine rings is 1. The number of carbonyl (C=O) groups is 1. The summed E-state index contributed by atoms with van der Waals surface area (Å²) >= 11 is 0. The first-order valence-corrected chi connectivity index (χ1v) is 7.32. The summed E-state index contributed by atoms with van der Waals surface area (Å²) in [7, 11) is 1.57. The summed E-state index contributed by atoms with van der Waals surface area (Å²) in [5.74, 6) is 0.564.